The highest BCUT2D eigenvalue weighted by Gasteiger charge is 2.29. The Balaban J connectivity index is 1.42. The predicted octanol–water partition coefficient (Wildman–Crippen LogP) is 3.94. The second-order valence-corrected chi connectivity index (χ2v) is 7.91. The number of nitrogens with zero attached hydrogens (tertiary/aromatic N) is 4. The number of fused-ring (bicyclic) bond motifs is 1. The van der Waals surface area contributed by atoms with Gasteiger partial charge in [-0.15, -0.1) is 0 Å². The van der Waals surface area contributed by atoms with E-state index in [1.54, 1.807) is 18.3 Å². The van der Waals surface area contributed by atoms with Crippen LogP contribution in [0.3, 0.4) is 0 Å². The third kappa shape index (κ3) is 3.67. The summed E-state index contributed by atoms with van der Waals surface area (Å²) in [5.74, 6) is 0.643. The first-order chi connectivity index (χ1) is 15.1. The van der Waals surface area contributed by atoms with Gasteiger partial charge in [-0.05, 0) is 55.5 Å². The van der Waals surface area contributed by atoms with Crippen molar-refractivity contribution < 1.29 is 9.18 Å². The fourth-order valence-electron chi connectivity index (χ4n) is 4.19. The third-order valence-electron chi connectivity index (χ3n) is 5.84. The van der Waals surface area contributed by atoms with Gasteiger partial charge in [0.2, 0.25) is 0 Å². The molecule has 1 fully saturated rings. The standard InChI is InChI=1S/C24H24FN5O/c1-17-9-11-30-22(27-17)16-20(21-4-2-3-10-26-21)23(30)24(31)29-14-12-28(13-15-29)19-7-5-18(25)6-8-19/h2-11,16-17,27H,12-15H2,1H3. The zero-order valence-electron chi connectivity index (χ0n) is 17.3. The van der Waals surface area contributed by atoms with Crippen LogP contribution in [0.5, 0.6) is 0 Å². The Morgan fingerprint density at radius 3 is 2.58 bits per heavy atom. The average Bonchev–Trinajstić information content (AvgIpc) is 3.18. The van der Waals surface area contributed by atoms with E-state index in [0.29, 0.717) is 31.9 Å². The number of amides is 1. The van der Waals surface area contributed by atoms with Gasteiger partial charge >= 0.3 is 0 Å². The summed E-state index contributed by atoms with van der Waals surface area (Å²) in [6.07, 6.45) is 5.75. The first-order valence-electron chi connectivity index (χ1n) is 10.5. The zero-order valence-corrected chi connectivity index (χ0v) is 17.3. The topological polar surface area (TPSA) is 53.4 Å². The minimum absolute atomic E-state index is 0.00772. The molecule has 2 aliphatic heterocycles. The summed E-state index contributed by atoms with van der Waals surface area (Å²) in [5.41, 5.74) is 3.21. The second-order valence-electron chi connectivity index (χ2n) is 7.91. The fourth-order valence-corrected chi connectivity index (χ4v) is 4.19. The van der Waals surface area contributed by atoms with Crippen LogP contribution in [-0.2, 0) is 0 Å². The molecule has 2 aromatic heterocycles. The van der Waals surface area contributed by atoms with E-state index in [-0.39, 0.29) is 17.8 Å². The van der Waals surface area contributed by atoms with E-state index in [1.165, 1.54) is 12.1 Å². The molecule has 4 heterocycles. The summed E-state index contributed by atoms with van der Waals surface area (Å²) in [7, 11) is 0. The van der Waals surface area contributed by atoms with Gasteiger partial charge in [0.15, 0.2) is 0 Å². The van der Waals surface area contributed by atoms with E-state index in [9.17, 15) is 9.18 Å². The van der Waals surface area contributed by atoms with E-state index in [2.05, 4.69) is 22.1 Å². The average molecular weight is 417 g/mol. The van der Waals surface area contributed by atoms with Crippen LogP contribution in [0.15, 0.2) is 60.8 Å². The molecule has 2 aliphatic rings. The van der Waals surface area contributed by atoms with Crippen LogP contribution in [0.4, 0.5) is 15.9 Å². The minimum atomic E-state index is -0.242. The van der Waals surface area contributed by atoms with Gasteiger partial charge in [0.1, 0.15) is 17.3 Å². The highest BCUT2D eigenvalue weighted by Crippen LogP contribution is 2.33. The van der Waals surface area contributed by atoms with Gasteiger partial charge in [0.05, 0.1) is 5.69 Å². The van der Waals surface area contributed by atoms with Crippen molar-refractivity contribution in [2.75, 3.05) is 36.4 Å². The molecule has 1 atom stereocenters. The SMILES string of the molecule is CC1C=Cn2c(cc(-c3ccccn3)c2C(=O)N2CCN(c3ccc(F)cc3)CC2)N1. The Kier molecular flexibility index (Phi) is 4.94. The Bertz CT molecular complexity index is 1110. The van der Waals surface area contributed by atoms with Crippen LogP contribution >= 0.6 is 0 Å². The lowest BCUT2D eigenvalue weighted by atomic mass is 10.1. The number of rotatable bonds is 3. The molecule has 0 aliphatic carbocycles. The number of hydrogen-bond acceptors (Lipinski definition) is 4. The molecule has 31 heavy (non-hydrogen) atoms. The lowest BCUT2D eigenvalue weighted by Gasteiger charge is -2.36. The molecule has 1 N–H and O–H groups in total. The number of aromatic nitrogens is 2. The van der Waals surface area contributed by atoms with Crippen LogP contribution in [-0.4, -0.2) is 52.6 Å². The van der Waals surface area contributed by atoms with Crippen molar-refractivity contribution in [2.24, 2.45) is 0 Å². The van der Waals surface area contributed by atoms with Crippen molar-refractivity contribution in [2.45, 2.75) is 13.0 Å². The zero-order chi connectivity index (χ0) is 21.4. The van der Waals surface area contributed by atoms with Gasteiger partial charge in [-0.1, -0.05) is 6.07 Å². The summed E-state index contributed by atoms with van der Waals surface area (Å²) in [5, 5.41) is 3.42. The van der Waals surface area contributed by atoms with E-state index in [0.717, 1.165) is 22.8 Å². The number of pyridine rings is 1. The van der Waals surface area contributed by atoms with Crippen LogP contribution in [0.2, 0.25) is 0 Å². The molecule has 0 bridgehead atoms. The molecule has 1 aromatic carbocycles. The highest BCUT2D eigenvalue weighted by molar-refractivity contribution is 6.01. The molecule has 1 amide bonds. The number of anilines is 2. The lowest BCUT2D eigenvalue weighted by molar-refractivity contribution is 0.0740. The van der Waals surface area contributed by atoms with Gasteiger partial charge < -0.3 is 15.1 Å². The van der Waals surface area contributed by atoms with Crippen LogP contribution in [0.1, 0.15) is 17.4 Å². The Hall–Kier alpha value is -3.61. The maximum absolute atomic E-state index is 13.6. The van der Waals surface area contributed by atoms with Gasteiger partial charge in [-0.25, -0.2) is 4.39 Å². The molecule has 6 nitrogen and oxygen atoms in total. The van der Waals surface area contributed by atoms with Crippen molar-refractivity contribution in [1.29, 1.82) is 0 Å². The van der Waals surface area contributed by atoms with Crippen LogP contribution in [0.25, 0.3) is 17.5 Å². The number of hydrogen-bond donors (Lipinski definition) is 1. The summed E-state index contributed by atoms with van der Waals surface area (Å²) >= 11 is 0. The molecular weight excluding hydrogens is 393 g/mol. The Morgan fingerprint density at radius 2 is 1.87 bits per heavy atom. The molecule has 3 aromatic rings. The number of benzene rings is 1. The number of piperazine rings is 1. The summed E-state index contributed by atoms with van der Waals surface area (Å²) in [4.78, 5) is 22.2. The molecule has 158 valence electrons. The normalized spacial score (nSPS) is 17.9. The molecule has 1 unspecified atom stereocenters. The van der Waals surface area contributed by atoms with Crippen molar-refractivity contribution in [3.63, 3.8) is 0 Å². The fraction of sp³-hybridized carbons (Fsp3) is 0.250. The van der Waals surface area contributed by atoms with Gasteiger partial charge in [0, 0.05) is 55.9 Å². The van der Waals surface area contributed by atoms with Crippen molar-refractivity contribution in [1.82, 2.24) is 14.5 Å². The molecule has 5 rings (SSSR count). The highest BCUT2D eigenvalue weighted by atomic mass is 19.1. The van der Waals surface area contributed by atoms with Gasteiger partial charge in [-0.3, -0.25) is 14.3 Å². The maximum atomic E-state index is 13.6. The molecule has 0 saturated carbocycles. The summed E-state index contributed by atoms with van der Waals surface area (Å²) < 4.78 is 15.2. The van der Waals surface area contributed by atoms with Crippen LogP contribution in [0, 0.1) is 5.82 Å². The quantitative estimate of drug-likeness (QED) is 0.702. The minimum Gasteiger partial charge on any atom is -0.368 e. The van der Waals surface area contributed by atoms with Gasteiger partial charge in [-0.2, -0.15) is 0 Å². The van der Waals surface area contributed by atoms with E-state index >= 15 is 0 Å². The Morgan fingerprint density at radius 1 is 1.10 bits per heavy atom. The molecule has 0 spiro atoms. The smallest absolute Gasteiger partial charge is 0.271 e. The van der Waals surface area contributed by atoms with Crippen molar-refractivity contribution in [3.05, 3.63) is 72.3 Å². The van der Waals surface area contributed by atoms with Crippen LogP contribution < -0.4 is 10.2 Å². The second kappa shape index (κ2) is 7.91. The monoisotopic (exact) mass is 417 g/mol. The number of carbonyl (C=O) groups excluding carboxylic acids is 1. The third-order valence-corrected chi connectivity index (χ3v) is 5.84. The predicted molar refractivity (Wildman–Crippen MR) is 121 cm³/mol. The molecule has 1 saturated heterocycles. The van der Waals surface area contributed by atoms with Gasteiger partial charge in [0.25, 0.3) is 5.91 Å². The molecular formula is C24H24FN5O. The first-order valence-corrected chi connectivity index (χ1v) is 10.5. The van der Waals surface area contributed by atoms with Crippen molar-refractivity contribution in [3.8, 4) is 11.3 Å². The number of nitrogens with one attached hydrogen (secondary N) is 1. The molecule has 7 heteroatoms. The number of halogens is 1. The maximum Gasteiger partial charge on any atom is 0.271 e. The Labute approximate surface area is 180 Å². The largest absolute Gasteiger partial charge is 0.368 e. The number of carbonyl (C=O) groups is 1. The summed E-state index contributed by atoms with van der Waals surface area (Å²) in [6.45, 7) is 4.69. The van der Waals surface area contributed by atoms with E-state index in [1.807, 2.05) is 46.0 Å². The van der Waals surface area contributed by atoms with E-state index in [4.69, 9.17) is 0 Å². The lowest BCUT2D eigenvalue weighted by Crippen LogP contribution is -2.49. The molecule has 0 radical (unpaired) electrons. The van der Waals surface area contributed by atoms with Crippen molar-refractivity contribution >= 4 is 23.6 Å². The summed E-state index contributed by atoms with van der Waals surface area (Å²) in [6, 6.07) is 14.4. The van der Waals surface area contributed by atoms with E-state index < -0.39 is 0 Å². The first kappa shape index (κ1) is 19.4.